The minimum absolute atomic E-state index is 0.0721. The Morgan fingerprint density at radius 1 is 1.29 bits per heavy atom. The van der Waals surface area contributed by atoms with E-state index >= 15 is 0 Å². The number of aryl methyl sites for hydroxylation is 1. The van der Waals surface area contributed by atoms with Gasteiger partial charge in [0.15, 0.2) is 11.1 Å². The molecule has 2 aliphatic carbocycles. The number of benzene rings is 1. The first-order valence-corrected chi connectivity index (χ1v) is 13.0. The summed E-state index contributed by atoms with van der Waals surface area (Å²) in [6.45, 7) is 1.97. The van der Waals surface area contributed by atoms with Gasteiger partial charge in [-0.1, -0.05) is 13.0 Å². The topological polar surface area (TPSA) is 140 Å². The van der Waals surface area contributed by atoms with E-state index in [1.807, 2.05) is 19.1 Å². The van der Waals surface area contributed by atoms with Gasteiger partial charge in [0.25, 0.3) is 5.91 Å². The highest BCUT2D eigenvalue weighted by molar-refractivity contribution is 7.92. The Labute approximate surface area is 196 Å². The summed E-state index contributed by atoms with van der Waals surface area (Å²) in [6.07, 6.45) is 5.17. The zero-order valence-corrected chi connectivity index (χ0v) is 19.5. The standard InChI is InChI=1S/C24H25N5O4S/c1-2-15-11-17(28-34(32,33)14-24(13-25)8-9-24)5-6-18(15)20-12-21(27-23(30)16-3-4-16)29(31)22-19(20)7-10-26-22/h5-7,10-12,16,26,28,31H,2-4,8-9,14H2,1H3. The van der Waals surface area contributed by atoms with E-state index in [2.05, 4.69) is 20.8 Å². The maximum Gasteiger partial charge on any atom is 0.250 e. The molecule has 2 fully saturated rings. The lowest BCUT2D eigenvalue weighted by Crippen LogP contribution is -2.23. The number of fused-ring (bicyclic) bond motifs is 1. The van der Waals surface area contributed by atoms with Gasteiger partial charge in [-0.25, -0.2) is 8.42 Å². The summed E-state index contributed by atoms with van der Waals surface area (Å²) >= 11 is 0. The molecule has 2 saturated carbocycles. The van der Waals surface area contributed by atoms with E-state index in [1.165, 1.54) is 0 Å². The van der Waals surface area contributed by atoms with Crippen molar-refractivity contribution in [1.29, 1.82) is 5.26 Å². The molecule has 2 heterocycles. The number of rotatable bonds is 7. The van der Waals surface area contributed by atoms with Crippen molar-refractivity contribution in [3.63, 3.8) is 0 Å². The monoisotopic (exact) mass is 479 g/mol. The molecule has 5 rings (SSSR count). The third kappa shape index (κ3) is 4.19. The second-order valence-corrected chi connectivity index (χ2v) is 10.9. The first-order chi connectivity index (χ1) is 16.2. The smallest absolute Gasteiger partial charge is 0.250 e. The fourth-order valence-electron chi connectivity index (χ4n) is 4.20. The van der Waals surface area contributed by atoms with Gasteiger partial charge in [0.2, 0.25) is 10.0 Å². The van der Waals surface area contributed by atoms with Gasteiger partial charge in [0.1, 0.15) is 0 Å². The zero-order chi connectivity index (χ0) is 24.1. The van der Waals surface area contributed by atoms with Gasteiger partial charge in [-0.15, -0.1) is 0 Å². The molecule has 3 aromatic rings. The number of H-pyrrole nitrogens is 1. The predicted molar refractivity (Wildman–Crippen MR) is 126 cm³/mol. The summed E-state index contributed by atoms with van der Waals surface area (Å²) in [6, 6.07) is 10.9. The van der Waals surface area contributed by atoms with E-state index in [-0.39, 0.29) is 23.1 Å². The number of carbonyl (C=O) groups is 1. The number of nitriles is 1. The molecule has 1 amide bonds. The highest BCUT2D eigenvalue weighted by Crippen LogP contribution is 2.46. The molecule has 9 nitrogen and oxygen atoms in total. The van der Waals surface area contributed by atoms with Gasteiger partial charge >= 0.3 is 0 Å². The first kappa shape index (κ1) is 22.2. The van der Waals surface area contributed by atoms with Gasteiger partial charge in [-0.2, -0.15) is 15.0 Å². The molecular formula is C24H25N5O4S. The molecule has 34 heavy (non-hydrogen) atoms. The van der Waals surface area contributed by atoms with Crippen LogP contribution in [-0.4, -0.2) is 35.0 Å². The fraction of sp³-hybridized carbons (Fsp3) is 0.375. The van der Waals surface area contributed by atoms with Gasteiger partial charge in [0.05, 0.1) is 17.2 Å². The Morgan fingerprint density at radius 3 is 2.71 bits per heavy atom. The van der Waals surface area contributed by atoms with Gasteiger partial charge < -0.3 is 10.2 Å². The van der Waals surface area contributed by atoms with Crippen LogP contribution < -0.4 is 10.2 Å². The zero-order valence-electron chi connectivity index (χ0n) is 18.7. The maximum atomic E-state index is 12.6. The van der Waals surface area contributed by atoms with Crippen LogP contribution in [0.15, 0.2) is 41.5 Å². The van der Waals surface area contributed by atoms with E-state index < -0.39 is 15.4 Å². The summed E-state index contributed by atoms with van der Waals surface area (Å²) in [7, 11) is -3.66. The van der Waals surface area contributed by atoms with Crippen LogP contribution in [0.2, 0.25) is 0 Å². The maximum absolute atomic E-state index is 12.6. The number of sulfonamides is 1. The van der Waals surface area contributed by atoms with Crippen LogP contribution in [0.5, 0.6) is 0 Å². The van der Waals surface area contributed by atoms with Gasteiger partial charge in [0, 0.05) is 23.2 Å². The summed E-state index contributed by atoms with van der Waals surface area (Å²) in [5.41, 5.74) is 2.73. The molecule has 0 atom stereocenters. The first-order valence-electron chi connectivity index (χ1n) is 11.3. The number of hydrogen-bond acceptors (Lipinski definition) is 5. The quantitative estimate of drug-likeness (QED) is 0.446. The normalized spacial score (nSPS) is 17.5. The molecule has 10 heteroatoms. The SMILES string of the molecule is CCc1cc(NS(=O)(=O)CC2(C#N)CC2)ccc1-c1cc(=NC(=O)C2CC2)n(O)c2[nH]ccc12. The Balaban J connectivity index is 1.54. The van der Waals surface area contributed by atoms with Crippen LogP contribution in [0, 0.1) is 22.7 Å². The molecule has 0 bridgehead atoms. The lowest BCUT2D eigenvalue weighted by atomic mass is 9.96. The minimum atomic E-state index is -3.66. The number of pyridine rings is 1. The molecule has 1 aromatic carbocycles. The largest absolute Gasteiger partial charge is 0.425 e. The van der Waals surface area contributed by atoms with Crippen LogP contribution in [0.25, 0.3) is 22.2 Å². The van der Waals surface area contributed by atoms with E-state index in [4.69, 9.17) is 0 Å². The number of nitrogens with one attached hydrogen (secondary N) is 2. The molecule has 0 radical (unpaired) electrons. The molecule has 2 aromatic heterocycles. The highest BCUT2D eigenvalue weighted by atomic mass is 32.2. The number of amides is 1. The van der Waals surface area contributed by atoms with Crippen LogP contribution in [-0.2, 0) is 21.2 Å². The van der Waals surface area contributed by atoms with Crippen LogP contribution >= 0.6 is 0 Å². The van der Waals surface area contributed by atoms with Crippen molar-refractivity contribution in [3.05, 3.63) is 47.6 Å². The van der Waals surface area contributed by atoms with Gasteiger partial charge in [-0.05, 0) is 73.1 Å². The average molecular weight is 480 g/mol. The summed E-state index contributed by atoms with van der Waals surface area (Å²) in [5.74, 6) is -0.526. The molecule has 3 N–H and O–H groups in total. The van der Waals surface area contributed by atoms with Crippen molar-refractivity contribution in [2.45, 2.75) is 39.0 Å². The lowest BCUT2D eigenvalue weighted by Gasteiger charge is -2.15. The molecule has 2 aliphatic rings. The molecule has 0 aliphatic heterocycles. The number of carbonyl (C=O) groups excluding carboxylic acids is 1. The number of nitrogens with zero attached hydrogens (tertiary/aromatic N) is 3. The van der Waals surface area contributed by atoms with E-state index in [0.29, 0.717) is 30.6 Å². The number of hydrogen-bond donors (Lipinski definition) is 3. The molecule has 0 spiro atoms. The third-order valence-corrected chi connectivity index (χ3v) is 7.95. The number of aromatic nitrogens is 2. The van der Waals surface area contributed by atoms with Crippen LogP contribution in [0.3, 0.4) is 0 Å². The molecule has 176 valence electrons. The Kier molecular flexibility index (Phi) is 5.24. The summed E-state index contributed by atoms with van der Waals surface area (Å²) < 4.78 is 28.7. The van der Waals surface area contributed by atoms with Crippen molar-refractivity contribution in [2.75, 3.05) is 10.5 Å². The Hall–Kier alpha value is -3.58. The second-order valence-electron chi connectivity index (χ2n) is 9.17. The van der Waals surface area contributed by atoms with Crippen molar-refractivity contribution in [2.24, 2.45) is 16.3 Å². The van der Waals surface area contributed by atoms with Crippen molar-refractivity contribution < 1.29 is 18.4 Å². The average Bonchev–Trinajstić information content (AvgIpc) is 3.73. The van der Waals surface area contributed by atoms with Crippen molar-refractivity contribution in [1.82, 2.24) is 9.71 Å². The van der Waals surface area contributed by atoms with Crippen molar-refractivity contribution in [3.8, 4) is 17.2 Å². The fourth-order valence-corrected chi connectivity index (χ4v) is 5.84. The van der Waals surface area contributed by atoms with E-state index in [9.17, 15) is 23.7 Å². The molecule has 0 unspecified atom stereocenters. The Morgan fingerprint density at radius 2 is 2.06 bits per heavy atom. The summed E-state index contributed by atoms with van der Waals surface area (Å²) in [4.78, 5) is 19.4. The second kappa shape index (κ2) is 8.02. The predicted octanol–water partition coefficient (Wildman–Crippen LogP) is 3.32. The van der Waals surface area contributed by atoms with Crippen molar-refractivity contribution >= 4 is 32.7 Å². The highest BCUT2D eigenvalue weighted by Gasteiger charge is 2.47. The Bertz CT molecular complexity index is 1520. The number of anilines is 1. The van der Waals surface area contributed by atoms with Crippen LogP contribution in [0.1, 0.15) is 38.2 Å². The number of aromatic amines is 1. The van der Waals surface area contributed by atoms with E-state index in [0.717, 1.165) is 39.6 Å². The van der Waals surface area contributed by atoms with Gasteiger partial charge in [-0.3, -0.25) is 9.52 Å². The van der Waals surface area contributed by atoms with E-state index in [1.54, 1.807) is 24.4 Å². The van der Waals surface area contributed by atoms with Crippen LogP contribution in [0.4, 0.5) is 5.69 Å². The summed E-state index contributed by atoms with van der Waals surface area (Å²) in [5, 5.41) is 20.6. The molecule has 0 saturated heterocycles. The lowest BCUT2D eigenvalue weighted by molar-refractivity contribution is -0.119. The third-order valence-electron chi connectivity index (χ3n) is 6.48. The molecular weight excluding hydrogens is 454 g/mol. The minimum Gasteiger partial charge on any atom is -0.425 e.